The Bertz CT molecular complexity index is 3450. The number of benzene rings is 9. The quantitative estimate of drug-likeness (QED) is 0.168. The summed E-state index contributed by atoms with van der Waals surface area (Å²) in [5, 5.41) is 4.66. The number of nitrogens with zero attached hydrogens (tertiary/aromatic N) is 2. The molecule has 2 aromatic heterocycles. The van der Waals surface area contributed by atoms with E-state index in [1.807, 2.05) is 0 Å². The molecule has 3 heteroatoms. The molecule has 284 valence electrons. The largest absolute Gasteiger partial charge is 0.456 e. The van der Waals surface area contributed by atoms with Gasteiger partial charge in [-0.05, 0) is 112 Å². The smallest absolute Gasteiger partial charge is 0.135 e. The fraction of sp³-hybridized carbons (Fsp3) is 0.0526. The first-order valence-electron chi connectivity index (χ1n) is 20.8. The van der Waals surface area contributed by atoms with Gasteiger partial charge in [0, 0.05) is 49.6 Å². The van der Waals surface area contributed by atoms with Crippen molar-refractivity contribution < 1.29 is 4.42 Å². The van der Waals surface area contributed by atoms with Crippen LogP contribution in [0.25, 0.3) is 82.8 Å². The summed E-state index contributed by atoms with van der Waals surface area (Å²) in [6, 6.07) is 74.8. The van der Waals surface area contributed by atoms with Crippen molar-refractivity contribution in [3.05, 3.63) is 217 Å². The van der Waals surface area contributed by atoms with Crippen molar-refractivity contribution in [3.63, 3.8) is 0 Å². The van der Waals surface area contributed by atoms with E-state index in [2.05, 4.69) is 230 Å². The van der Waals surface area contributed by atoms with Crippen LogP contribution >= 0.6 is 0 Å². The molecule has 1 aliphatic carbocycles. The number of fused-ring (bicyclic) bond motifs is 9. The van der Waals surface area contributed by atoms with Gasteiger partial charge in [0.05, 0.1) is 16.7 Å². The zero-order chi connectivity index (χ0) is 40.0. The molecule has 0 aliphatic heterocycles. The van der Waals surface area contributed by atoms with Crippen LogP contribution in [0.5, 0.6) is 0 Å². The van der Waals surface area contributed by atoms with Gasteiger partial charge in [0.1, 0.15) is 11.2 Å². The summed E-state index contributed by atoms with van der Waals surface area (Å²) in [7, 11) is 0. The lowest BCUT2D eigenvalue weighted by atomic mass is 9.82. The molecule has 9 aromatic carbocycles. The Morgan fingerprint density at radius 1 is 0.433 bits per heavy atom. The Labute approximate surface area is 349 Å². The lowest BCUT2D eigenvalue weighted by molar-refractivity contribution is 0.660. The predicted octanol–water partition coefficient (Wildman–Crippen LogP) is 15.8. The minimum atomic E-state index is -0.123. The van der Waals surface area contributed by atoms with Gasteiger partial charge in [-0.3, -0.25) is 0 Å². The molecule has 0 radical (unpaired) electrons. The van der Waals surface area contributed by atoms with Crippen LogP contribution in [0.2, 0.25) is 0 Å². The maximum absolute atomic E-state index is 6.60. The van der Waals surface area contributed by atoms with Gasteiger partial charge in [-0.2, -0.15) is 0 Å². The highest BCUT2D eigenvalue weighted by atomic mass is 16.3. The summed E-state index contributed by atoms with van der Waals surface area (Å²) in [4.78, 5) is 2.44. The SMILES string of the molecule is CC1(C)c2ccccc2-c2c(N(c3ccc(-c4ccccc4)cc3)c3ccc4oc5ccc(-c6cccc7c6c6ccccc6n7-c6ccccc6)cc5c4c3)cccc21. The predicted molar refractivity (Wildman–Crippen MR) is 251 cm³/mol. The zero-order valence-corrected chi connectivity index (χ0v) is 33.4. The van der Waals surface area contributed by atoms with E-state index < -0.39 is 0 Å². The van der Waals surface area contributed by atoms with Crippen molar-refractivity contribution in [2.75, 3.05) is 4.90 Å². The zero-order valence-electron chi connectivity index (χ0n) is 33.4. The van der Waals surface area contributed by atoms with Gasteiger partial charge in [0.25, 0.3) is 0 Å². The second-order valence-corrected chi connectivity index (χ2v) is 16.5. The molecule has 0 fully saturated rings. The summed E-state index contributed by atoms with van der Waals surface area (Å²) in [5.74, 6) is 0. The van der Waals surface area contributed by atoms with Crippen LogP contribution < -0.4 is 4.90 Å². The summed E-state index contributed by atoms with van der Waals surface area (Å²) in [6.07, 6.45) is 0. The van der Waals surface area contributed by atoms with Crippen molar-refractivity contribution in [3.8, 4) is 39.1 Å². The summed E-state index contributed by atoms with van der Waals surface area (Å²) < 4.78 is 8.98. The molecule has 0 atom stereocenters. The first-order valence-corrected chi connectivity index (χ1v) is 20.8. The average molecular weight is 769 g/mol. The third-order valence-corrected chi connectivity index (χ3v) is 12.8. The molecule has 0 bridgehead atoms. The van der Waals surface area contributed by atoms with E-state index in [4.69, 9.17) is 4.42 Å². The van der Waals surface area contributed by atoms with Gasteiger partial charge >= 0.3 is 0 Å². The van der Waals surface area contributed by atoms with Gasteiger partial charge in [-0.15, -0.1) is 0 Å². The molecule has 0 unspecified atom stereocenters. The fourth-order valence-electron chi connectivity index (χ4n) is 9.97. The highest BCUT2D eigenvalue weighted by molar-refractivity contribution is 6.17. The first kappa shape index (κ1) is 34.4. The third kappa shape index (κ3) is 5.15. The number of furan rings is 1. The van der Waals surface area contributed by atoms with Crippen LogP contribution in [0.4, 0.5) is 17.1 Å². The van der Waals surface area contributed by atoms with E-state index in [-0.39, 0.29) is 5.41 Å². The van der Waals surface area contributed by atoms with E-state index in [1.165, 1.54) is 60.8 Å². The maximum Gasteiger partial charge on any atom is 0.135 e. The number of anilines is 3. The lowest BCUT2D eigenvalue weighted by Crippen LogP contribution is -2.16. The second kappa shape index (κ2) is 13.2. The van der Waals surface area contributed by atoms with Crippen molar-refractivity contribution in [1.29, 1.82) is 0 Å². The molecule has 11 aromatic rings. The molecule has 12 rings (SSSR count). The van der Waals surface area contributed by atoms with Crippen LogP contribution in [-0.2, 0) is 5.41 Å². The number of rotatable bonds is 6. The van der Waals surface area contributed by atoms with Gasteiger partial charge in [0.15, 0.2) is 0 Å². The molecule has 60 heavy (non-hydrogen) atoms. The number of para-hydroxylation sites is 2. The topological polar surface area (TPSA) is 21.3 Å². The third-order valence-electron chi connectivity index (χ3n) is 12.8. The van der Waals surface area contributed by atoms with E-state index in [0.717, 1.165) is 50.3 Å². The molecule has 1 aliphatic rings. The molecule has 0 saturated carbocycles. The van der Waals surface area contributed by atoms with Crippen molar-refractivity contribution >= 4 is 60.8 Å². The Morgan fingerprint density at radius 3 is 1.87 bits per heavy atom. The van der Waals surface area contributed by atoms with E-state index in [0.29, 0.717) is 0 Å². The van der Waals surface area contributed by atoms with E-state index >= 15 is 0 Å². The van der Waals surface area contributed by atoms with Gasteiger partial charge in [-0.25, -0.2) is 0 Å². The summed E-state index contributed by atoms with van der Waals surface area (Å²) in [5.41, 5.74) is 18.5. The number of aromatic nitrogens is 1. The summed E-state index contributed by atoms with van der Waals surface area (Å²) >= 11 is 0. The molecular weight excluding hydrogens is 729 g/mol. The standard InChI is InChI=1S/C57H40N2O/c1-57(2)48-22-11-9-19-44(48)56-49(57)23-14-26-52(56)58(41-30-27-38(28-31-41)37-15-5-3-6-16-37)42-32-34-54-47(36-42)46-35-39(29-33-53(46)60-54)43-21-13-25-51-55(43)45-20-10-12-24-50(45)59(51)40-17-7-4-8-18-40/h3-36H,1-2H3. The van der Waals surface area contributed by atoms with Crippen LogP contribution in [-0.4, -0.2) is 4.57 Å². The van der Waals surface area contributed by atoms with Crippen molar-refractivity contribution in [1.82, 2.24) is 4.57 Å². The van der Waals surface area contributed by atoms with Gasteiger partial charge < -0.3 is 13.9 Å². The molecule has 2 heterocycles. The number of hydrogen-bond acceptors (Lipinski definition) is 2. The normalized spacial score (nSPS) is 13.0. The van der Waals surface area contributed by atoms with Gasteiger partial charge in [0.2, 0.25) is 0 Å². The van der Waals surface area contributed by atoms with Crippen LogP contribution in [0.15, 0.2) is 211 Å². The Hall–Kier alpha value is -7.62. The Kier molecular flexibility index (Phi) is 7.58. The minimum absolute atomic E-state index is 0.123. The Balaban J connectivity index is 1.06. The molecule has 0 saturated heterocycles. The molecule has 0 amide bonds. The molecule has 0 N–H and O–H groups in total. The maximum atomic E-state index is 6.60. The monoisotopic (exact) mass is 768 g/mol. The average Bonchev–Trinajstić information content (AvgIpc) is 3.92. The van der Waals surface area contributed by atoms with Crippen molar-refractivity contribution in [2.45, 2.75) is 19.3 Å². The van der Waals surface area contributed by atoms with Crippen molar-refractivity contribution in [2.24, 2.45) is 0 Å². The van der Waals surface area contributed by atoms with E-state index in [9.17, 15) is 0 Å². The highest BCUT2D eigenvalue weighted by Crippen LogP contribution is 2.54. The van der Waals surface area contributed by atoms with Gasteiger partial charge in [-0.1, -0.05) is 147 Å². The summed E-state index contributed by atoms with van der Waals surface area (Å²) in [6.45, 7) is 4.70. The molecule has 3 nitrogen and oxygen atoms in total. The van der Waals surface area contributed by atoms with Crippen LogP contribution in [0.3, 0.4) is 0 Å². The number of hydrogen-bond donors (Lipinski definition) is 0. The Morgan fingerprint density at radius 2 is 1.03 bits per heavy atom. The first-order chi connectivity index (χ1) is 29.5. The molecular formula is C57H40N2O. The fourth-order valence-corrected chi connectivity index (χ4v) is 9.97. The van der Waals surface area contributed by atoms with Crippen LogP contribution in [0.1, 0.15) is 25.0 Å². The van der Waals surface area contributed by atoms with Crippen LogP contribution in [0, 0.1) is 0 Å². The second-order valence-electron chi connectivity index (χ2n) is 16.5. The highest BCUT2D eigenvalue weighted by Gasteiger charge is 2.37. The lowest BCUT2D eigenvalue weighted by Gasteiger charge is -2.29. The van der Waals surface area contributed by atoms with E-state index in [1.54, 1.807) is 0 Å². The molecule has 0 spiro atoms. The minimum Gasteiger partial charge on any atom is -0.456 e.